The Morgan fingerprint density at radius 3 is 2.58 bits per heavy atom. The topological polar surface area (TPSA) is 20.2 Å². The van der Waals surface area contributed by atoms with Crippen LogP contribution in [0.2, 0.25) is 0 Å². The third-order valence-electron chi connectivity index (χ3n) is 3.85. The second kappa shape index (κ2) is 2.35. The highest BCUT2D eigenvalue weighted by Gasteiger charge is 2.47. The van der Waals surface area contributed by atoms with Crippen molar-refractivity contribution < 1.29 is 5.11 Å². The molecule has 1 heteroatoms. The molecule has 0 aliphatic heterocycles. The Kier molecular flexibility index (Phi) is 1.63. The maximum atomic E-state index is 9.65. The molecule has 1 N–H and O–H groups in total. The minimum absolute atomic E-state index is 0.222. The summed E-state index contributed by atoms with van der Waals surface area (Å²) in [5.74, 6) is 0.791. The van der Waals surface area contributed by atoms with Gasteiger partial charge in [-0.15, -0.1) is 0 Å². The normalized spacial score (nSPS) is 42.5. The van der Waals surface area contributed by atoms with Crippen molar-refractivity contribution in [3.8, 4) is 0 Å². The van der Waals surface area contributed by atoms with Gasteiger partial charge in [0.15, 0.2) is 0 Å². The minimum atomic E-state index is -0.222. The van der Waals surface area contributed by atoms with Crippen molar-refractivity contribution in [3.05, 3.63) is 11.1 Å². The van der Waals surface area contributed by atoms with Crippen LogP contribution in [-0.4, -0.2) is 11.2 Å². The second-order valence-electron chi connectivity index (χ2n) is 4.77. The van der Waals surface area contributed by atoms with Gasteiger partial charge in [0.2, 0.25) is 0 Å². The van der Waals surface area contributed by atoms with E-state index in [4.69, 9.17) is 0 Å². The van der Waals surface area contributed by atoms with Gasteiger partial charge < -0.3 is 5.11 Å². The molecule has 2 rings (SSSR count). The van der Waals surface area contributed by atoms with Gasteiger partial charge in [0, 0.05) is 0 Å². The minimum Gasteiger partial charge on any atom is -0.389 e. The lowest BCUT2D eigenvalue weighted by atomic mass is 9.78. The lowest BCUT2D eigenvalue weighted by Gasteiger charge is -2.28. The zero-order valence-electron chi connectivity index (χ0n) is 8.22. The molecule has 2 bridgehead atoms. The van der Waals surface area contributed by atoms with E-state index in [9.17, 15) is 5.11 Å². The van der Waals surface area contributed by atoms with Gasteiger partial charge in [-0.2, -0.15) is 0 Å². The van der Waals surface area contributed by atoms with E-state index in [1.54, 1.807) is 0 Å². The molecule has 0 aromatic heterocycles. The standard InChI is InChI=1S/C11H18O/c1-7-9-4-5-11(3,6-9)10(7)8(2)12/h8-9,12H,4-6H2,1-3H3. The summed E-state index contributed by atoms with van der Waals surface area (Å²) < 4.78 is 0. The molecule has 1 saturated carbocycles. The zero-order valence-corrected chi connectivity index (χ0v) is 8.22. The molecule has 0 heterocycles. The molecule has 1 nitrogen and oxygen atoms in total. The maximum Gasteiger partial charge on any atom is 0.0729 e. The van der Waals surface area contributed by atoms with E-state index in [-0.39, 0.29) is 6.10 Å². The first-order valence-electron chi connectivity index (χ1n) is 4.94. The lowest BCUT2D eigenvalue weighted by molar-refractivity contribution is 0.196. The van der Waals surface area contributed by atoms with Gasteiger partial charge in [-0.3, -0.25) is 0 Å². The van der Waals surface area contributed by atoms with Crippen LogP contribution in [0.15, 0.2) is 11.1 Å². The quantitative estimate of drug-likeness (QED) is 0.593. The first-order valence-corrected chi connectivity index (χ1v) is 4.94. The van der Waals surface area contributed by atoms with Gasteiger partial charge in [0.1, 0.15) is 0 Å². The van der Waals surface area contributed by atoms with Crippen molar-refractivity contribution in [2.24, 2.45) is 11.3 Å². The van der Waals surface area contributed by atoms with Gasteiger partial charge in [-0.1, -0.05) is 12.5 Å². The third-order valence-corrected chi connectivity index (χ3v) is 3.85. The van der Waals surface area contributed by atoms with Crippen LogP contribution in [0.5, 0.6) is 0 Å². The van der Waals surface area contributed by atoms with Crippen LogP contribution in [0, 0.1) is 11.3 Å². The second-order valence-corrected chi connectivity index (χ2v) is 4.77. The van der Waals surface area contributed by atoms with Crippen molar-refractivity contribution in [3.63, 3.8) is 0 Å². The van der Waals surface area contributed by atoms with Crippen LogP contribution in [0.4, 0.5) is 0 Å². The third kappa shape index (κ3) is 0.891. The van der Waals surface area contributed by atoms with E-state index in [1.807, 2.05) is 6.92 Å². The van der Waals surface area contributed by atoms with E-state index in [0.717, 1.165) is 5.92 Å². The van der Waals surface area contributed by atoms with Crippen molar-refractivity contribution in [2.75, 3.05) is 0 Å². The number of allylic oxidation sites excluding steroid dienone is 1. The molecular weight excluding hydrogens is 148 g/mol. The fraction of sp³-hybridized carbons (Fsp3) is 0.818. The lowest BCUT2D eigenvalue weighted by Crippen LogP contribution is -2.22. The summed E-state index contributed by atoms with van der Waals surface area (Å²) >= 11 is 0. The first kappa shape index (κ1) is 8.31. The summed E-state index contributed by atoms with van der Waals surface area (Å²) in [5, 5.41) is 9.65. The molecule has 0 aromatic carbocycles. The molecule has 3 atom stereocenters. The van der Waals surface area contributed by atoms with E-state index in [1.165, 1.54) is 30.4 Å². The Bertz CT molecular complexity index is 239. The van der Waals surface area contributed by atoms with Gasteiger partial charge in [-0.05, 0) is 50.0 Å². The van der Waals surface area contributed by atoms with Crippen LogP contribution in [0.1, 0.15) is 40.0 Å². The number of rotatable bonds is 1. The Morgan fingerprint density at radius 2 is 2.25 bits per heavy atom. The van der Waals surface area contributed by atoms with Crippen LogP contribution >= 0.6 is 0 Å². The molecule has 12 heavy (non-hydrogen) atoms. The Hall–Kier alpha value is -0.300. The molecule has 3 unspecified atom stereocenters. The van der Waals surface area contributed by atoms with E-state index in [2.05, 4.69) is 13.8 Å². The Balaban J connectivity index is 2.41. The highest BCUT2D eigenvalue weighted by atomic mass is 16.3. The SMILES string of the molecule is CC1=C(C(C)O)C2(C)CCC1C2. The smallest absolute Gasteiger partial charge is 0.0729 e. The van der Waals surface area contributed by atoms with Crippen LogP contribution in [-0.2, 0) is 0 Å². The van der Waals surface area contributed by atoms with Crippen LogP contribution < -0.4 is 0 Å². The summed E-state index contributed by atoms with van der Waals surface area (Å²) in [6.45, 7) is 6.42. The molecule has 1 fully saturated rings. The summed E-state index contributed by atoms with van der Waals surface area (Å²) in [6.07, 6.45) is 3.70. The Morgan fingerprint density at radius 1 is 1.58 bits per heavy atom. The maximum absolute atomic E-state index is 9.65. The highest BCUT2D eigenvalue weighted by Crippen LogP contribution is 2.57. The molecule has 0 spiro atoms. The molecular formula is C11H18O. The molecule has 2 aliphatic carbocycles. The molecule has 0 aromatic rings. The average molecular weight is 166 g/mol. The first-order chi connectivity index (χ1) is 5.54. The molecule has 0 saturated heterocycles. The van der Waals surface area contributed by atoms with Crippen molar-refractivity contribution in [1.82, 2.24) is 0 Å². The van der Waals surface area contributed by atoms with Gasteiger partial charge in [0.25, 0.3) is 0 Å². The van der Waals surface area contributed by atoms with Crippen molar-refractivity contribution in [2.45, 2.75) is 46.1 Å². The number of hydrogen-bond donors (Lipinski definition) is 1. The van der Waals surface area contributed by atoms with Gasteiger partial charge >= 0.3 is 0 Å². The van der Waals surface area contributed by atoms with Gasteiger partial charge in [0.05, 0.1) is 6.10 Å². The summed E-state index contributed by atoms with van der Waals surface area (Å²) in [5.41, 5.74) is 3.18. The number of aliphatic hydroxyl groups excluding tert-OH is 1. The largest absolute Gasteiger partial charge is 0.389 e. The van der Waals surface area contributed by atoms with E-state index >= 15 is 0 Å². The van der Waals surface area contributed by atoms with Crippen LogP contribution in [0.3, 0.4) is 0 Å². The number of aliphatic hydroxyl groups is 1. The fourth-order valence-electron chi connectivity index (χ4n) is 3.38. The predicted molar refractivity (Wildman–Crippen MR) is 49.8 cm³/mol. The van der Waals surface area contributed by atoms with E-state index < -0.39 is 0 Å². The van der Waals surface area contributed by atoms with E-state index in [0.29, 0.717) is 5.41 Å². The summed E-state index contributed by atoms with van der Waals surface area (Å²) in [6, 6.07) is 0. The molecule has 68 valence electrons. The van der Waals surface area contributed by atoms with Crippen molar-refractivity contribution in [1.29, 1.82) is 0 Å². The van der Waals surface area contributed by atoms with Gasteiger partial charge in [-0.25, -0.2) is 0 Å². The fourth-order valence-corrected chi connectivity index (χ4v) is 3.38. The molecule has 0 radical (unpaired) electrons. The van der Waals surface area contributed by atoms with Crippen LogP contribution in [0.25, 0.3) is 0 Å². The Labute approximate surface area is 74.5 Å². The number of fused-ring (bicyclic) bond motifs is 2. The van der Waals surface area contributed by atoms with Crippen molar-refractivity contribution >= 4 is 0 Å². The molecule has 2 aliphatic rings. The highest BCUT2D eigenvalue weighted by molar-refractivity contribution is 5.34. The summed E-state index contributed by atoms with van der Waals surface area (Å²) in [7, 11) is 0. The zero-order chi connectivity index (χ0) is 8.93. The molecule has 0 amide bonds. The average Bonchev–Trinajstić information content (AvgIpc) is 2.40. The monoisotopic (exact) mass is 166 g/mol. The predicted octanol–water partition coefficient (Wildman–Crippen LogP) is 2.50. The summed E-state index contributed by atoms with van der Waals surface area (Å²) in [4.78, 5) is 0. The number of hydrogen-bond acceptors (Lipinski definition) is 1.